The number of alkyl halides is 7. The molecule has 1 aromatic rings. The fourth-order valence-corrected chi connectivity index (χ4v) is 1.95. The van der Waals surface area contributed by atoms with Gasteiger partial charge >= 0.3 is 18.3 Å². The van der Waals surface area contributed by atoms with Gasteiger partial charge in [-0.05, 0) is 19.4 Å². The van der Waals surface area contributed by atoms with Crippen LogP contribution < -0.4 is 0 Å². The van der Waals surface area contributed by atoms with Crippen LogP contribution in [-0.2, 0) is 15.1 Å². The van der Waals surface area contributed by atoms with Crippen molar-refractivity contribution >= 4 is 5.97 Å². The highest BCUT2D eigenvalue weighted by molar-refractivity contribution is 5.70. The molecule has 0 saturated carbocycles. The Morgan fingerprint density at radius 1 is 0.917 bits per heavy atom. The molecule has 0 spiro atoms. The first-order chi connectivity index (χ1) is 10.7. The molecule has 9 heteroatoms. The van der Waals surface area contributed by atoms with E-state index >= 15 is 0 Å². The Hall–Kier alpha value is -1.80. The van der Waals surface area contributed by atoms with Crippen LogP contribution in [0.5, 0.6) is 0 Å². The maximum absolute atomic E-state index is 13.5. The topological polar surface area (TPSA) is 26.3 Å². The Bertz CT molecular complexity index is 547. The average molecular weight is 360 g/mol. The summed E-state index contributed by atoms with van der Waals surface area (Å²) in [6, 6.07) is 8.04. The number of esters is 1. The fourth-order valence-electron chi connectivity index (χ4n) is 1.95. The molecule has 0 unspecified atom stereocenters. The molecule has 2 nitrogen and oxygen atoms in total. The Morgan fingerprint density at radius 3 is 1.79 bits per heavy atom. The normalized spacial score (nSPS) is 13.7. The lowest BCUT2D eigenvalue weighted by Crippen LogP contribution is -2.53. The van der Waals surface area contributed by atoms with Crippen LogP contribution in [0.25, 0.3) is 0 Å². The van der Waals surface area contributed by atoms with E-state index in [9.17, 15) is 35.5 Å². The molecule has 0 aliphatic heterocycles. The molecule has 0 saturated heterocycles. The molecule has 0 bridgehead atoms. The molecule has 0 atom stereocenters. The van der Waals surface area contributed by atoms with Gasteiger partial charge in [0.2, 0.25) is 0 Å². The van der Waals surface area contributed by atoms with Crippen molar-refractivity contribution in [2.45, 2.75) is 50.3 Å². The van der Waals surface area contributed by atoms with Crippen molar-refractivity contribution in [2.75, 3.05) is 0 Å². The third-order valence-electron chi connectivity index (χ3n) is 3.41. The lowest BCUT2D eigenvalue weighted by atomic mass is 9.97. The highest BCUT2D eigenvalue weighted by atomic mass is 19.4. The number of rotatable bonds is 5. The van der Waals surface area contributed by atoms with E-state index in [-0.39, 0.29) is 0 Å². The summed E-state index contributed by atoms with van der Waals surface area (Å²) in [5.41, 5.74) is -6.26. The molecule has 136 valence electrons. The maximum atomic E-state index is 13.5. The largest absolute Gasteiger partial charge is 0.455 e. The molecule has 24 heavy (non-hydrogen) atoms. The number of carbonyl (C=O) groups excluding carboxylic acids is 1. The second-order valence-electron chi connectivity index (χ2n) is 5.65. The van der Waals surface area contributed by atoms with E-state index in [0.717, 1.165) is 0 Å². The third kappa shape index (κ3) is 4.39. The SMILES string of the molecule is CC(C)(OC(=O)CCC(F)(C(F)(F)F)C(F)(F)F)c1ccccc1. The highest BCUT2D eigenvalue weighted by Gasteiger charge is 2.72. The Morgan fingerprint density at radius 2 is 1.38 bits per heavy atom. The summed E-state index contributed by atoms with van der Waals surface area (Å²) in [6.45, 7) is 2.83. The van der Waals surface area contributed by atoms with Crippen molar-refractivity contribution in [3.05, 3.63) is 35.9 Å². The maximum Gasteiger partial charge on any atom is 0.431 e. The van der Waals surface area contributed by atoms with Crippen molar-refractivity contribution in [3.8, 4) is 0 Å². The number of carbonyl (C=O) groups is 1. The van der Waals surface area contributed by atoms with Crippen LogP contribution in [0.15, 0.2) is 30.3 Å². The van der Waals surface area contributed by atoms with Crippen molar-refractivity contribution < 1.29 is 40.3 Å². The van der Waals surface area contributed by atoms with Crippen LogP contribution in [0.3, 0.4) is 0 Å². The standard InChI is InChI=1S/C15H15F7O2/c1-12(2,10-6-4-3-5-7-10)24-11(23)8-9-13(16,14(17,18)19)15(20,21)22/h3-7H,8-9H2,1-2H3. The minimum atomic E-state index is -6.18. The van der Waals surface area contributed by atoms with Crippen molar-refractivity contribution in [1.82, 2.24) is 0 Å². The van der Waals surface area contributed by atoms with Gasteiger partial charge in [-0.1, -0.05) is 30.3 Å². The Labute approximate surface area is 133 Å². The second kappa shape index (κ2) is 6.60. The predicted molar refractivity (Wildman–Crippen MR) is 70.7 cm³/mol. The molecule has 0 aliphatic rings. The molecule has 0 aromatic heterocycles. The Kier molecular flexibility index (Phi) is 5.57. The monoisotopic (exact) mass is 360 g/mol. The minimum Gasteiger partial charge on any atom is -0.455 e. The molecule has 0 amide bonds. The summed E-state index contributed by atoms with van der Waals surface area (Å²) in [5.74, 6) is -1.36. The van der Waals surface area contributed by atoms with Crippen LogP contribution in [-0.4, -0.2) is 24.0 Å². The summed E-state index contributed by atoms with van der Waals surface area (Å²) in [6.07, 6.45) is -15.8. The van der Waals surface area contributed by atoms with Gasteiger partial charge in [-0.2, -0.15) is 26.3 Å². The average Bonchev–Trinajstić information content (AvgIpc) is 2.42. The van der Waals surface area contributed by atoms with Gasteiger partial charge in [0.1, 0.15) is 5.60 Å². The van der Waals surface area contributed by atoms with E-state index < -0.39 is 42.4 Å². The zero-order valence-electron chi connectivity index (χ0n) is 12.8. The summed E-state index contributed by atoms with van der Waals surface area (Å²) < 4.78 is 92.8. The van der Waals surface area contributed by atoms with Gasteiger partial charge in [0.15, 0.2) is 0 Å². The van der Waals surface area contributed by atoms with E-state index in [4.69, 9.17) is 4.74 Å². The predicted octanol–water partition coefficient (Wildman–Crippen LogP) is 5.08. The van der Waals surface area contributed by atoms with Gasteiger partial charge in [-0.15, -0.1) is 0 Å². The van der Waals surface area contributed by atoms with Gasteiger partial charge in [0.05, 0.1) is 0 Å². The first-order valence-electron chi connectivity index (χ1n) is 6.80. The van der Waals surface area contributed by atoms with Crippen molar-refractivity contribution in [2.24, 2.45) is 0 Å². The van der Waals surface area contributed by atoms with Gasteiger partial charge in [0.25, 0.3) is 5.67 Å². The fraction of sp³-hybridized carbons (Fsp3) is 0.533. The molecule has 1 aromatic carbocycles. The second-order valence-corrected chi connectivity index (χ2v) is 5.65. The van der Waals surface area contributed by atoms with Crippen LogP contribution in [0, 0.1) is 0 Å². The van der Waals surface area contributed by atoms with Gasteiger partial charge < -0.3 is 4.74 Å². The first kappa shape index (κ1) is 20.2. The zero-order valence-corrected chi connectivity index (χ0v) is 12.8. The molecule has 0 radical (unpaired) electrons. The number of hydrogen-bond acceptors (Lipinski definition) is 2. The smallest absolute Gasteiger partial charge is 0.431 e. The zero-order chi connectivity index (χ0) is 18.8. The van der Waals surface area contributed by atoms with Crippen molar-refractivity contribution in [3.63, 3.8) is 0 Å². The summed E-state index contributed by atoms with van der Waals surface area (Å²) >= 11 is 0. The number of benzene rings is 1. The van der Waals surface area contributed by atoms with Crippen LogP contribution >= 0.6 is 0 Å². The lowest BCUT2D eigenvalue weighted by molar-refractivity contribution is -0.343. The highest BCUT2D eigenvalue weighted by Crippen LogP contribution is 2.49. The molecule has 0 fully saturated rings. The van der Waals surface area contributed by atoms with E-state index in [1.54, 1.807) is 30.3 Å². The van der Waals surface area contributed by atoms with E-state index in [0.29, 0.717) is 5.56 Å². The summed E-state index contributed by atoms with van der Waals surface area (Å²) in [7, 11) is 0. The van der Waals surface area contributed by atoms with Crippen LogP contribution in [0.4, 0.5) is 30.7 Å². The van der Waals surface area contributed by atoms with Gasteiger partial charge in [-0.3, -0.25) is 4.79 Å². The molecule has 0 N–H and O–H groups in total. The summed E-state index contributed by atoms with van der Waals surface area (Å²) in [5, 5.41) is 0. The van der Waals surface area contributed by atoms with E-state index in [1.165, 1.54) is 13.8 Å². The number of halogens is 7. The third-order valence-corrected chi connectivity index (χ3v) is 3.41. The lowest BCUT2D eigenvalue weighted by Gasteiger charge is -2.30. The van der Waals surface area contributed by atoms with Gasteiger partial charge in [0, 0.05) is 12.8 Å². The quantitative estimate of drug-likeness (QED) is 0.541. The molecular weight excluding hydrogens is 345 g/mol. The Balaban J connectivity index is 2.81. The number of hydrogen-bond donors (Lipinski definition) is 0. The minimum absolute atomic E-state index is 0.483. The van der Waals surface area contributed by atoms with Crippen LogP contribution in [0.2, 0.25) is 0 Å². The molecular formula is C15H15F7O2. The van der Waals surface area contributed by atoms with E-state index in [2.05, 4.69) is 0 Å². The molecule has 0 heterocycles. The first-order valence-corrected chi connectivity index (χ1v) is 6.80. The van der Waals surface area contributed by atoms with Gasteiger partial charge in [-0.25, -0.2) is 4.39 Å². The van der Waals surface area contributed by atoms with Crippen LogP contribution in [0.1, 0.15) is 32.3 Å². The summed E-state index contributed by atoms with van der Waals surface area (Å²) in [4.78, 5) is 11.6. The number of ether oxygens (including phenoxy) is 1. The van der Waals surface area contributed by atoms with E-state index in [1.807, 2.05) is 0 Å². The van der Waals surface area contributed by atoms with Crippen molar-refractivity contribution in [1.29, 1.82) is 0 Å². The molecule has 0 aliphatic carbocycles. The molecule has 1 rings (SSSR count).